The number of allylic oxidation sites excluding steroid dienone is 1. The lowest BCUT2D eigenvalue weighted by atomic mass is 9.54. The summed E-state index contributed by atoms with van der Waals surface area (Å²) in [4.78, 5) is 86.5. The average Bonchev–Trinajstić information content (AvgIpc) is 3.19. The number of nitrogens with one attached hydrogen (secondary N) is 1. The van der Waals surface area contributed by atoms with Crippen LogP contribution in [0.1, 0.15) is 64.4 Å². The third kappa shape index (κ3) is 4.00. The fourth-order valence-corrected chi connectivity index (χ4v) is 5.42. The van der Waals surface area contributed by atoms with E-state index in [0.29, 0.717) is 16.7 Å². The molecule has 0 aliphatic heterocycles. The van der Waals surface area contributed by atoms with E-state index in [2.05, 4.69) is 5.32 Å². The maximum atomic E-state index is 13.5. The number of rotatable bonds is 7. The lowest BCUT2D eigenvalue weighted by Gasteiger charge is -2.49. The van der Waals surface area contributed by atoms with Gasteiger partial charge in [0.25, 0.3) is 0 Å². The van der Waals surface area contributed by atoms with Crippen molar-refractivity contribution in [1.29, 1.82) is 0 Å². The number of carboxylic acid groups (broad SMARTS) is 2. The number of ketones is 4. The number of carboxylic acids is 2. The van der Waals surface area contributed by atoms with Crippen LogP contribution >= 0.6 is 0 Å². The van der Waals surface area contributed by atoms with Crippen molar-refractivity contribution in [3.63, 3.8) is 0 Å². The number of Topliss-reactive ketones (excluding diaryl/α,β-unsaturated/α-hetero) is 4. The summed E-state index contributed by atoms with van der Waals surface area (Å²) >= 11 is 0. The molecule has 1 saturated carbocycles. The van der Waals surface area contributed by atoms with Gasteiger partial charge in [-0.2, -0.15) is 0 Å². The number of aliphatic carboxylic acids is 2. The molecule has 0 saturated heterocycles. The van der Waals surface area contributed by atoms with E-state index in [4.69, 9.17) is 14.9 Å². The molecule has 3 aliphatic rings. The smallest absolute Gasteiger partial charge is 0.322 e. The molecule has 188 valence electrons. The standard InChI is InChI=1S/C25H23NO10/c1-25-14-4-2-11-12(3-5-15(11)27)21(14)23(34)24(35)22(25)13(9-26-10-19(31)32)16(28)8-17(25)36-20(33)7-6-18(29)30/h2,4,9,17,22,26H,3,5-8,10H2,1H3,(H,29,30)(H,31,32)/b13-9+/t17-,22?,25+/m1/s1. The lowest BCUT2D eigenvalue weighted by Crippen LogP contribution is -2.59. The molecule has 3 aliphatic carbocycles. The Balaban J connectivity index is 1.86. The fraction of sp³-hybridized carbons (Fsp3) is 0.400. The van der Waals surface area contributed by atoms with Gasteiger partial charge in [-0.15, -0.1) is 0 Å². The Morgan fingerprint density at radius 2 is 1.78 bits per heavy atom. The predicted molar refractivity (Wildman–Crippen MR) is 119 cm³/mol. The normalized spacial score (nSPS) is 25.8. The molecule has 11 nitrogen and oxygen atoms in total. The first-order valence-corrected chi connectivity index (χ1v) is 11.3. The molecular weight excluding hydrogens is 474 g/mol. The zero-order chi connectivity index (χ0) is 26.4. The highest BCUT2D eigenvalue weighted by molar-refractivity contribution is 6.48. The fourth-order valence-electron chi connectivity index (χ4n) is 5.42. The molecule has 11 heteroatoms. The predicted octanol–water partition coefficient (Wildman–Crippen LogP) is 0.762. The topological polar surface area (TPSA) is 181 Å². The Labute approximate surface area is 204 Å². The van der Waals surface area contributed by atoms with Gasteiger partial charge < -0.3 is 20.3 Å². The van der Waals surface area contributed by atoms with Crippen molar-refractivity contribution in [2.24, 2.45) is 5.92 Å². The van der Waals surface area contributed by atoms with E-state index in [1.54, 1.807) is 13.0 Å². The van der Waals surface area contributed by atoms with Crippen LogP contribution in [0, 0.1) is 5.92 Å². The highest BCUT2D eigenvalue weighted by Gasteiger charge is 2.60. The molecule has 0 spiro atoms. The van der Waals surface area contributed by atoms with Gasteiger partial charge in [0, 0.05) is 41.2 Å². The largest absolute Gasteiger partial charge is 0.481 e. The summed E-state index contributed by atoms with van der Waals surface area (Å²) in [6.07, 6.45) is -0.974. The van der Waals surface area contributed by atoms with Crippen molar-refractivity contribution in [2.45, 2.75) is 50.5 Å². The van der Waals surface area contributed by atoms with Gasteiger partial charge in [-0.25, -0.2) is 0 Å². The molecule has 0 aromatic heterocycles. The first-order chi connectivity index (χ1) is 17.0. The van der Waals surface area contributed by atoms with E-state index in [1.165, 1.54) is 6.07 Å². The van der Waals surface area contributed by atoms with Gasteiger partial charge >= 0.3 is 17.9 Å². The zero-order valence-corrected chi connectivity index (χ0v) is 19.3. The van der Waals surface area contributed by atoms with Crippen molar-refractivity contribution >= 4 is 41.0 Å². The number of carbonyl (C=O) groups is 7. The molecule has 3 N–H and O–H groups in total. The minimum absolute atomic E-state index is 0.0703. The number of ether oxygens (including phenoxy) is 1. The van der Waals surface area contributed by atoms with Gasteiger partial charge in [0.15, 0.2) is 11.6 Å². The Morgan fingerprint density at radius 3 is 2.44 bits per heavy atom. The number of fused-ring (bicyclic) bond motifs is 5. The quantitative estimate of drug-likeness (QED) is 0.275. The van der Waals surface area contributed by atoms with E-state index in [0.717, 1.165) is 6.20 Å². The average molecular weight is 497 g/mol. The molecule has 0 radical (unpaired) electrons. The van der Waals surface area contributed by atoms with Crippen molar-refractivity contribution in [2.75, 3.05) is 6.54 Å². The SMILES string of the molecule is C[C@@]12c3ccc4c(c3C(=O)C(=O)C1/C(=C/NCC(=O)O)C(=O)C[C@H]2OC(=O)CCC(=O)O)CCC4=O. The van der Waals surface area contributed by atoms with E-state index < -0.39 is 72.1 Å². The Hall–Kier alpha value is -4.15. The number of hydrogen-bond donors (Lipinski definition) is 3. The van der Waals surface area contributed by atoms with Crippen LogP contribution in [-0.2, 0) is 40.5 Å². The van der Waals surface area contributed by atoms with Crippen molar-refractivity contribution in [3.05, 3.63) is 46.2 Å². The molecular formula is C25H23NO10. The summed E-state index contributed by atoms with van der Waals surface area (Å²) in [7, 11) is 0. The van der Waals surface area contributed by atoms with Gasteiger partial charge in [-0.05, 0) is 17.5 Å². The van der Waals surface area contributed by atoms with Crippen LogP contribution in [0.25, 0.3) is 0 Å². The summed E-state index contributed by atoms with van der Waals surface area (Å²) in [6.45, 7) is 1.04. The molecule has 0 bridgehead atoms. The third-order valence-corrected chi connectivity index (χ3v) is 7.11. The maximum Gasteiger partial charge on any atom is 0.322 e. The molecule has 1 unspecified atom stereocenters. The molecule has 36 heavy (non-hydrogen) atoms. The van der Waals surface area contributed by atoms with Gasteiger partial charge in [0.2, 0.25) is 11.6 Å². The van der Waals surface area contributed by atoms with Crippen molar-refractivity contribution < 1.29 is 48.5 Å². The van der Waals surface area contributed by atoms with Crippen LogP contribution in [0.4, 0.5) is 0 Å². The summed E-state index contributed by atoms with van der Waals surface area (Å²) < 4.78 is 5.56. The van der Waals surface area contributed by atoms with Crippen LogP contribution in [0.3, 0.4) is 0 Å². The molecule has 0 heterocycles. The van der Waals surface area contributed by atoms with Crippen molar-refractivity contribution in [3.8, 4) is 0 Å². The minimum atomic E-state index is -1.41. The van der Waals surface area contributed by atoms with Crippen LogP contribution in [0.5, 0.6) is 0 Å². The van der Waals surface area contributed by atoms with Crippen LogP contribution in [0.2, 0.25) is 0 Å². The highest BCUT2D eigenvalue weighted by atomic mass is 16.5. The Bertz CT molecular complexity index is 1280. The maximum absolute atomic E-state index is 13.5. The number of hydrogen-bond acceptors (Lipinski definition) is 9. The Kier molecular flexibility index (Phi) is 6.33. The Morgan fingerprint density at radius 1 is 1.06 bits per heavy atom. The first-order valence-electron chi connectivity index (χ1n) is 11.3. The second-order valence-corrected chi connectivity index (χ2v) is 9.22. The second kappa shape index (κ2) is 9.14. The summed E-state index contributed by atoms with van der Waals surface area (Å²) in [5, 5.41) is 20.3. The monoisotopic (exact) mass is 497 g/mol. The van der Waals surface area contributed by atoms with E-state index in [1.807, 2.05) is 0 Å². The van der Waals surface area contributed by atoms with Gasteiger partial charge in [0.05, 0.1) is 18.8 Å². The summed E-state index contributed by atoms with van der Waals surface area (Å²) in [6, 6.07) is 3.09. The number of carbonyl (C=O) groups excluding carboxylic acids is 5. The lowest BCUT2D eigenvalue weighted by molar-refractivity contribution is -0.160. The molecule has 0 amide bonds. The summed E-state index contributed by atoms with van der Waals surface area (Å²) in [5.74, 6) is -7.26. The number of benzene rings is 1. The minimum Gasteiger partial charge on any atom is -0.481 e. The zero-order valence-electron chi connectivity index (χ0n) is 19.3. The highest BCUT2D eigenvalue weighted by Crippen LogP contribution is 2.52. The van der Waals surface area contributed by atoms with Crippen LogP contribution in [0.15, 0.2) is 23.9 Å². The molecule has 4 rings (SSSR count). The second-order valence-electron chi connectivity index (χ2n) is 9.22. The number of esters is 1. The molecule has 1 aromatic carbocycles. The van der Waals surface area contributed by atoms with E-state index in [9.17, 15) is 33.6 Å². The van der Waals surface area contributed by atoms with Crippen LogP contribution < -0.4 is 5.32 Å². The van der Waals surface area contributed by atoms with Crippen molar-refractivity contribution in [1.82, 2.24) is 5.32 Å². The van der Waals surface area contributed by atoms with Gasteiger partial charge in [-0.1, -0.05) is 19.1 Å². The van der Waals surface area contributed by atoms with Gasteiger partial charge in [0.1, 0.15) is 12.6 Å². The first kappa shape index (κ1) is 25.0. The van der Waals surface area contributed by atoms with E-state index >= 15 is 0 Å². The third-order valence-electron chi connectivity index (χ3n) is 7.11. The molecule has 3 atom stereocenters. The molecule has 1 fully saturated rings. The summed E-state index contributed by atoms with van der Waals surface area (Å²) in [5.41, 5.74) is -0.322. The van der Waals surface area contributed by atoms with Crippen LogP contribution in [-0.4, -0.2) is 63.9 Å². The molecule has 1 aromatic rings. The van der Waals surface area contributed by atoms with E-state index in [-0.39, 0.29) is 36.2 Å². The van der Waals surface area contributed by atoms with Gasteiger partial charge in [-0.3, -0.25) is 33.6 Å².